The predicted molar refractivity (Wildman–Crippen MR) is 131 cm³/mol. The summed E-state index contributed by atoms with van der Waals surface area (Å²) in [5, 5.41) is 4.52. The summed E-state index contributed by atoms with van der Waals surface area (Å²) in [4.78, 5) is 0. The molecule has 4 nitrogen and oxygen atoms in total. The molecule has 4 unspecified atom stereocenters. The fraction of sp³-hybridized carbons (Fsp3) is 0.893. The second kappa shape index (κ2) is 9.31. The van der Waals surface area contributed by atoms with E-state index in [0.29, 0.717) is 11.3 Å². The highest BCUT2D eigenvalue weighted by atomic mass is 16.5. The van der Waals surface area contributed by atoms with Crippen molar-refractivity contribution in [2.24, 2.45) is 52.8 Å². The Morgan fingerprint density at radius 3 is 2.69 bits per heavy atom. The van der Waals surface area contributed by atoms with Gasteiger partial charge in [0.1, 0.15) is 5.82 Å². The number of ether oxygens (including phenoxy) is 1. The van der Waals surface area contributed by atoms with Crippen LogP contribution in [0.2, 0.25) is 0 Å². The monoisotopic (exact) mass is 441 g/mol. The summed E-state index contributed by atoms with van der Waals surface area (Å²) in [6, 6.07) is 1.94. The quantitative estimate of drug-likeness (QED) is 0.531. The molecule has 180 valence electrons. The molecule has 0 bridgehead atoms. The molecule has 1 aromatic rings. The minimum absolute atomic E-state index is 0.531. The molecule has 4 aliphatic rings. The number of fused-ring (bicyclic) bond motifs is 5. The molecule has 9 atom stereocenters. The second-order valence-corrected chi connectivity index (χ2v) is 12.1. The van der Waals surface area contributed by atoms with Crippen molar-refractivity contribution in [2.75, 3.05) is 18.9 Å². The van der Waals surface area contributed by atoms with Gasteiger partial charge >= 0.3 is 0 Å². The Morgan fingerprint density at radius 2 is 1.94 bits per heavy atom. The van der Waals surface area contributed by atoms with Crippen LogP contribution in [0.15, 0.2) is 12.3 Å². The first-order chi connectivity index (χ1) is 15.5. The highest BCUT2D eigenvalue weighted by Crippen LogP contribution is 2.65. The minimum Gasteiger partial charge on any atom is -0.384 e. The third kappa shape index (κ3) is 3.93. The Bertz CT molecular complexity index is 762. The Balaban J connectivity index is 1.27. The molecule has 0 saturated heterocycles. The molecule has 0 spiro atoms. The maximum absolute atomic E-state index is 6.19. The van der Waals surface area contributed by atoms with Crippen LogP contribution in [0.5, 0.6) is 0 Å². The van der Waals surface area contributed by atoms with Crippen LogP contribution >= 0.6 is 0 Å². The normalized spacial score (nSPS) is 42.2. The SMILES string of the molecule is CCOC[C@H]1CC[C@@H]2C3CC[C@]4(C)C(C(CC)Cn5nccc5N)CCC4[C@@H]3CC[C@@H]2C1. The van der Waals surface area contributed by atoms with E-state index in [-0.39, 0.29) is 0 Å². The average Bonchev–Trinajstić information content (AvgIpc) is 3.37. The molecule has 1 aromatic heterocycles. The third-order valence-electron chi connectivity index (χ3n) is 10.9. The topological polar surface area (TPSA) is 53.1 Å². The van der Waals surface area contributed by atoms with Gasteiger partial charge in [0.25, 0.3) is 0 Å². The van der Waals surface area contributed by atoms with Crippen molar-refractivity contribution in [1.82, 2.24) is 9.78 Å². The van der Waals surface area contributed by atoms with Gasteiger partial charge in [-0.2, -0.15) is 5.10 Å². The smallest absolute Gasteiger partial charge is 0.121 e. The van der Waals surface area contributed by atoms with E-state index in [2.05, 4.69) is 30.6 Å². The molecular formula is C28H47N3O. The van der Waals surface area contributed by atoms with E-state index in [1.165, 1.54) is 64.2 Å². The lowest BCUT2D eigenvalue weighted by molar-refractivity contribution is -0.0797. The van der Waals surface area contributed by atoms with Crippen molar-refractivity contribution < 1.29 is 4.74 Å². The standard InChI is InChI=1S/C28H47N3O/c1-4-20(17-31-27(29)13-15-30-31)25-10-11-26-24-9-7-21-16-19(18-32-5-2)6-8-22(21)23(24)12-14-28(25,26)3/h13,15,19-26H,4-12,14,16-18,29H2,1-3H3/t19-,20?,21+,22-,23?,24+,25?,26?,28+/m0/s1. The number of rotatable bonds is 7. The molecule has 0 aliphatic heterocycles. The Labute approximate surface area is 196 Å². The number of aromatic nitrogens is 2. The van der Waals surface area contributed by atoms with Crippen LogP contribution < -0.4 is 5.73 Å². The molecule has 2 N–H and O–H groups in total. The summed E-state index contributed by atoms with van der Waals surface area (Å²) in [5.41, 5.74) is 6.72. The van der Waals surface area contributed by atoms with Crippen LogP contribution in [-0.2, 0) is 11.3 Å². The van der Waals surface area contributed by atoms with Gasteiger partial charge in [0.05, 0.1) is 6.20 Å². The Kier molecular flexibility index (Phi) is 6.62. The van der Waals surface area contributed by atoms with Crippen molar-refractivity contribution in [3.8, 4) is 0 Å². The van der Waals surface area contributed by atoms with Crippen LogP contribution in [0.3, 0.4) is 0 Å². The number of hydrogen-bond acceptors (Lipinski definition) is 3. The zero-order valence-electron chi connectivity index (χ0n) is 20.8. The Morgan fingerprint density at radius 1 is 1.09 bits per heavy atom. The van der Waals surface area contributed by atoms with Crippen molar-refractivity contribution >= 4 is 5.82 Å². The summed E-state index contributed by atoms with van der Waals surface area (Å²) in [5.74, 6) is 8.16. The van der Waals surface area contributed by atoms with Gasteiger partial charge in [0.15, 0.2) is 0 Å². The van der Waals surface area contributed by atoms with Crippen molar-refractivity contribution in [3.05, 3.63) is 12.3 Å². The first-order valence-electron chi connectivity index (χ1n) is 13.9. The van der Waals surface area contributed by atoms with Crippen LogP contribution in [0.1, 0.15) is 85.0 Å². The summed E-state index contributed by atoms with van der Waals surface area (Å²) >= 11 is 0. The van der Waals surface area contributed by atoms with Gasteiger partial charge in [0, 0.05) is 19.8 Å². The number of nitrogens with two attached hydrogens (primary N) is 1. The Hall–Kier alpha value is -1.03. The number of nitrogen functional groups attached to an aromatic ring is 1. The third-order valence-corrected chi connectivity index (χ3v) is 10.9. The molecule has 0 aromatic carbocycles. The fourth-order valence-corrected chi connectivity index (χ4v) is 9.46. The molecule has 4 fully saturated rings. The van der Waals surface area contributed by atoms with Crippen LogP contribution in [-0.4, -0.2) is 23.0 Å². The molecule has 5 rings (SSSR count). The molecular weight excluding hydrogens is 394 g/mol. The molecule has 1 heterocycles. The van der Waals surface area contributed by atoms with Crippen LogP contribution in [0, 0.1) is 52.8 Å². The molecule has 4 aliphatic carbocycles. The summed E-state index contributed by atoms with van der Waals surface area (Å²) < 4.78 is 7.86. The lowest BCUT2D eigenvalue weighted by Crippen LogP contribution is -2.49. The highest BCUT2D eigenvalue weighted by molar-refractivity contribution is 5.25. The maximum atomic E-state index is 6.19. The van der Waals surface area contributed by atoms with E-state index in [4.69, 9.17) is 10.5 Å². The van der Waals surface area contributed by atoms with Gasteiger partial charge in [-0.3, -0.25) is 0 Å². The van der Waals surface area contributed by atoms with Gasteiger partial charge in [-0.1, -0.05) is 20.3 Å². The first-order valence-corrected chi connectivity index (χ1v) is 13.9. The minimum atomic E-state index is 0.531. The zero-order chi connectivity index (χ0) is 22.3. The van der Waals surface area contributed by atoms with Crippen molar-refractivity contribution in [1.29, 1.82) is 0 Å². The van der Waals surface area contributed by atoms with Gasteiger partial charge in [-0.25, -0.2) is 4.68 Å². The van der Waals surface area contributed by atoms with E-state index in [9.17, 15) is 0 Å². The summed E-state index contributed by atoms with van der Waals surface area (Å²) in [6.45, 7) is 10.1. The second-order valence-electron chi connectivity index (χ2n) is 12.1. The summed E-state index contributed by atoms with van der Waals surface area (Å²) in [6.07, 6.45) is 16.3. The van der Waals surface area contributed by atoms with Gasteiger partial charge in [0.2, 0.25) is 0 Å². The number of hydrogen-bond donors (Lipinski definition) is 1. The van der Waals surface area contributed by atoms with E-state index >= 15 is 0 Å². The largest absolute Gasteiger partial charge is 0.384 e. The fourth-order valence-electron chi connectivity index (χ4n) is 9.46. The summed E-state index contributed by atoms with van der Waals surface area (Å²) in [7, 11) is 0. The molecule has 32 heavy (non-hydrogen) atoms. The lowest BCUT2D eigenvalue weighted by atomic mass is 9.48. The molecule has 4 heteroatoms. The highest BCUT2D eigenvalue weighted by Gasteiger charge is 2.57. The lowest BCUT2D eigenvalue weighted by Gasteiger charge is -2.57. The van der Waals surface area contributed by atoms with Gasteiger partial charge in [-0.05, 0) is 124 Å². The van der Waals surface area contributed by atoms with E-state index in [1.807, 2.05) is 12.3 Å². The first kappa shape index (κ1) is 22.7. The number of nitrogens with zero attached hydrogens (tertiary/aromatic N) is 2. The molecule has 0 radical (unpaired) electrons. The number of anilines is 1. The van der Waals surface area contributed by atoms with E-state index in [0.717, 1.165) is 67.0 Å². The van der Waals surface area contributed by atoms with Crippen molar-refractivity contribution in [2.45, 2.75) is 91.5 Å². The zero-order valence-corrected chi connectivity index (χ0v) is 20.8. The van der Waals surface area contributed by atoms with Gasteiger partial charge < -0.3 is 10.5 Å². The molecule has 4 saturated carbocycles. The van der Waals surface area contributed by atoms with E-state index < -0.39 is 0 Å². The maximum Gasteiger partial charge on any atom is 0.121 e. The van der Waals surface area contributed by atoms with Crippen LogP contribution in [0.4, 0.5) is 5.82 Å². The molecule has 0 amide bonds. The van der Waals surface area contributed by atoms with E-state index in [1.54, 1.807) is 0 Å². The average molecular weight is 442 g/mol. The van der Waals surface area contributed by atoms with Crippen LogP contribution in [0.25, 0.3) is 0 Å². The van der Waals surface area contributed by atoms with Gasteiger partial charge in [-0.15, -0.1) is 0 Å². The predicted octanol–water partition coefficient (Wildman–Crippen LogP) is 6.41. The van der Waals surface area contributed by atoms with Crippen molar-refractivity contribution in [3.63, 3.8) is 0 Å².